The van der Waals surface area contributed by atoms with Crippen molar-refractivity contribution in [2.24, 2.45) is 5.41 Å². The Bertz CT molecular complexity index is 444. The van der Waals surface area contributed by atoms with Crippen molar-refractivity contribution in [3.8, 4) is 5.75 Å². The summed E-state index contributed by atoms with van der Waals surface area (Å²) in [5, 5.41) is 4.58. The topological polar surface area (TPSA) is 38.3 Å². The van der Waals surface area contributed by atoms with E-state index in [1.807, 2.05) is 0 Å². The van der Waals surface area contributed by atoms with Gasteiger partial charge in [-0.05, 0) is 42.5 Å². The first-order chi connectivity index (χ1) is 9.63. The van der Waals surface area contributed by atoms with Crippen LogP contribution in [-0.4, -0.2) is 24.4 Å². The number of halogens is 2. The van der Waals surface area contributed by atoms with Gasteiger partial charge in [0.1, 0.15) is 5.75 Å². The molecule has 2 rings (SSSR count). The highest BCUT2D eigenvalue weighted by Gasteiger charge is 2.32. The lowest BCUT2D eigenvalue weighted by atomic mass is 9.89. The van der Waals surface area contributed by atoms with Gasteiger partial charge in [0.15, 0.2) is 6.61 Å². The van der Waals surface area contributed by atoms with Gasteiger partial charge in [-0.3, -0.25) is 4.79 Å². The van der Waals surface area contributed by atoms with Gasteiger partial charge in [-0.15, -0.1) is 0 Å². The molecular formula is C15H19BrClNO2. The lowest BCUT2D eigenvalue weighted by molar-refractivity contribution is -0.123. The summed E-state index contributed by atoms with van der Waals surface area (Å²) in [6, 6.07) is 7.00. The van der Waals surface area contributed by atoms with E-state index in [0.717, 1.165) is 11.9 Å². The second-order valence-corrected chi connectivity index (χ2v) is 6.36. The Hall–Kier alpha value is -0.740. The molecule has 1 amide bonds. The molecule has 0 spiro atoms. The predicted octanol–water partition coefficient (Wildman–Crippen LogP) is 3.79. The average Bonchev–Trinajstić information content (AvgIpc) is 2.94. The van der Waals surface area contributed by atoms with E-state index in [0.29, 0.717) is 10.8 Å². The standard InChI is InChI=1S/C15H19BrClNO2/c16-10-15(7-1-2-8-15)11-18-14(19)9-20-13-5-3-12(17)4-6-13/h3-6H,1-2,7-11H2,(H,18,19). The second kappa shape index (κ2) is 7.32. The van der Waals surface area contributed by atoms with Crippen LogP contribution in [0, 0.1) is 5.41 Å². The van der Waals surface area contributed by atoms with Crippen molar-refractivity contribution in [1.29, 1.82) is 0 Å². The van der Waals surface area contributed by atoms with Crippen LogP contribution in [0.15, 0.2) is 24.3 Å². The minimum absolute atomic E-state index is 0.0417. The smallest absolute Gasteiger partial charge is 0.257 e. The maximum atomic E-state index is 11.8. The third kappa shape index (κ3) is 4.38. The maximum Gasteiger partial charge on any atom is 0.257 e. The van der Waals surface area contributed by atoms with Crippen molar-refractivity contribution in [2.45, 2.75) is 25.7 Å². The van der Waals surface area contributed by atoms with E-state index in [2.05, 4.69) is 21.2 Å². The van der Waals surface area contributed by atoms with Crippen LogP contribution < -0.4 is 10.1 Å². The summed E-state index contributed by atoms with van der Waals surface area (Å²) < 4.78 is 5.42. The molecule has 1 aliphatic carbocycles. The third-order valence-corrected chi connectivity index (χ3v) is 5.23. The molecule has 1 aliphatic rings. The van der Waals surface area contributed by atoms with E-state index >= 15 is 0 Å². The monoisotopic (exact) mass is 359 g/mol. The van der Waals surface area contributed by atoms with Crippen LogP contribution in [0.4, 0.5) is 0 Å². The normalized spacial score (nSPS) is 16.9. The number of amides is 1. The fourth-order valence-corrected chi connectivity index (χ4v) is 3.38. The zero-order chi connectivity index (χ0) is 14.4. The Kier molecular flexibility index (Phi) is 5.73. The SMILES string of the molecule is O=C(COc1ccc(Cl)cc1)NCC1(CBr)CCCC1. The summed E-state index contributed by atoms with van der Waals surface area (Å²) in [4.78, 5) is 11.8. The van der Waals surface area contributed by atoms with Gasteiger partial charge in [0.05, 0.1) is 0 Å². The molecular weight excluding hydrogens is 342 g/mol. The van der Waals surface area contributed by atoms with Gasteiger partial charge >= 0.3 is 0 Å². The number of ether oxygens (including phenoxy) is 1. The molecule has 20 heavy (non-hydrogen) atoms. The van der Waals surface area contributed by atoms with Crippen molar-refractivity contribution < 1.29 is 9.53 Å². The fourth-order valence-electron chi connectivity index (χ4n) is 2.50. The Morgan fingerprint density at radius 3 is 2.55 bits per heavy atom. The first-order valence-corrected chi connectivity index (χ1v) is 8.35. The van der Waals surface area contributed by atoms with E-state index in [1.54, 1.807) is 24.3 Å². The molecule has 1 aromatic carbocycles. The zero-order valence-corrected chi connectivity index (χ0v) is 13.7. The van der Waals surface area contributed by atoms with E-state index in [4.69, 9.17) is 16.3 Å². The largest absolute Gasteiger partial charge is 0.484 e. The second-order valence-electron chi connectivity index (χ2n) is 5.36. The maximum absolute atomic E-state index is 11.8. The summed E-state index contributed by atoms with van der Waals surface area (Å²) in [6.07, 6.45) is 4.86. The minimum atomic E-state index is -0.0767. The minimum Gasteiger partial charge on any atom is -0.484 e. The molecule has 1 N–H and O–H groups in total. The van der Waals surface area contributed by atoms with Crippen LogP contribution in [0.5, 0.6) is 5.75 Å². The summed E-state index contributed by atoms with van der Waals surface area (Å²) in [5.41, 5.74) is 0.232. The molecule has 0 heterocycles. The zero-order valence-electron chi connectivity index (χ0n) is 11.3. The predicted molar refractivity (Wildman–Crippen MR) is 84.7 cm³/mol. The van der Waals surface area contributed by atoms with Crippen LogP contribution >= 0.6 is 27.5 Å². The Balaban J connectivity index is 1.74. The quantitative estimate of drug-likeness (QED) is 0.784. The van der Waals surface area contributed by atoms with Gasteiger partial charge in [-0.25, -0.2) is 0 Å². The number of alkyl halides is 1. The van der Waals surface area contributed by atoms with Crippen LogP contribution in [0.25, 0.3) is 0 Å². The number of rotatable bonds is 6. The molecule has 1 aromatic rings. The first-order valence-electron chi connectivity index (χ1n) is 6.85. The molecule has 5 heteroatoms. The average molecular weight is 361 g/mol. The Morgan fingerprint density at radius 2 is 1.95 bits per heavy atom. The molecule has 1 fully saturated rings. The van der Waals surface area contributed by atoms with Crippen LogP contribution in [-0.2, 0) is 4.79 Å². The van der Waals surface area contributed by atoms with Gasteiger partial charge in [0, 0.05) is 16.9 Å². The van der Waals surface area contributed by atoms with Gasteiger partial charge in [0.25, 0.3) is 5.91 Å². The van der Waals surface area contributed by atoms with Crippen LogP contribution in [0.2, 0.25) is 5.02 Å². The summed E-state index contributed by atoms with van der Waals surface area (Å²) in [6.45, 7) is 0.765. The Morgan fingerprint density at radius 1 is 1.30 bits per heavy atom. The van der Waals surface area contributed by atoms with Crippen molar-refractivity contribution in [1.82, 2.24) is 5.32 Å². The molecule has 1 saturated carbocycles. The van der Waals surface area contributed by atoms with Crippen molar-refractivity contribution in [3.63, 3.8) is 0 Å². The number of carbonyl (C=O) groups excluding carboxylic acids is 1. The fraction of sp³-hybridized carbons (Fsp3) is 0.533. The van der Waals surface area contributed by atoms with E-state index in [-0.39, 0.29) is 17.9 Å². The molecule has 3 nitrogen and oxygen atoms in total. The number of hydrogen-bond acceptors (Lipinski definition) is 2. The molecule has 0 atom stereocenters. The van der Waals surface area contributed by atoms with Crippen molar-refractivity contribution in [3.05, 3.63) is 29.3 Å². The molecule has 0 bridgehead atoms. The van der Waals surface area contributed by atoms with E-state index < -0.39 is 0 Å². The van der Waals surface area contributed by atoms with E-state index in [9.17, 15) is 4.79 Å². The number of hydrogen-bond donors (Lipinski definition) is 1. The van der Waals surface area contributed by atoms with Crippen LogP contribution in [0.3, 0.4) is 0 Å². The third-order valence-electron chi connectivity index (χ3n) is 3.79. The van der Waals surface area contributed by atoms with Crippen LogP contribution in [0.1, 0.15) is 25.7 Å². The molecule has 0 radical (unpaired) electrons. The summed E-state index contributed by atoms with van der Waals surface area (Å²) in [5.74, 6) is 0.577. The lowest BCUT2D eigenvalue weighted by Gasteiger charge is -2.26. The van der Waals surface area contributed by atoms with Gasteiger partial charge < -0.3 is 10.1 Å². The number of benzene rings is 1. The lowest BCUT2D eigenvalue weighted by Crippen LogP contribution is -2.39. The summed E-state index contributed by atoms with van der Waals surface area (Å²) >= 11 is 9.36. The molecule has 0 unspecified atom stereocenters. The number of carbonyl (C=O) groups is 1. The molecule has 0 saturated heterocycles. The molecule has 0 aliphatic heterocycles. The number of nitrogens with one attached hydrogen (secondary N) is 1. The molecule has 0 aromatic heterocycles. The van der Waals surface area contributed by atoms with Crippen molar-refractivity contribution >= 4 is 33.4 Å². The van der Waals surface area contributed by atoms with E-state index in [1.165, 1.54) is 25.7 Å². The highest BCUT2D eigenvalue weighted by atomic mass is 79.9. The van der Waals surface area contributed by atoms with Crippen molar-refractivity contribution in [2.75, 3.05) is 18.5 Å². The van der Waals surface area contributed by atoms with Gasteiger partial charge in [-0.2, -0.15) is 0 Å². The highest BCUT2D eigenvalue weighted by molar-refractivity contribution is 9.09. The highest BCUT2D eigenvalue weighted by Crippen LogP contribution is 2.38. The first kappa shape index (κ1) is 15.6. The molecule has 110 valence electrons. The Labute approximate surface area is 133 Å². The van der Waals surface area contributed by atoms with Gasteiger partial charge in [0.2, 0.25) is 0 Å². The summed E-state index contributed by atoms with van der Waals surface area (Å²) in [7, 11) is 0. The van der Waals surface area contributed by atoms with Gasteiger partial charge in [-0.1, -0.05) is 40.4 Å².